The zero-order valence-corrected chi connectivity index (χ0v) is 18.5. The lowest BCUT2D eigenvalue weighted by molar-refractivity contribution is 0.102. The maximum absolute atomic E-state index is 12.8. The average Bonchev–Trinajstić information content (AvgIpc) is 2.70. The topological polar surface area (TPSA) is 84.5 Å². The Hall–Kier alpha value is -2.45. The number of sulfonamides is 1. The van der Waals surface area contributed by atoms with Crippen molar-refractivity contribution in [2.24, 2.45) is 0 Å². The molecule has 0 fully saturated rings. The van der Waals surface area contributed by atoms with Crippen LogP contribution in [0.1, 0.15) is 10.4 Å². The number of hydrogen-bond donors (Lipinski definition) is 2. The van der Waals surface area contributed by atoms with Crippen molar-refractivity contribution in [3.8, 4) is 5.75 Å². The molecule has 3 rings (SSSR count). The molecule has 0 atom stereocenters. The van der Waals surface area contributed by atoms with Gasteiger partial charge in [0.2, 0.25) is 0 Å². The summed E-state index contributed by atoms with van der Waals surface area (Å²) in [5, 5.41) is 3.56. The first-order chi connectivity index (χ1) is 14.2. The van der Waals surface area contributed by atoms with Gasteiger partial charge >= 0.3 is 0 Å². The van der Waals surface area contributed by atoms with Crippen molar-refractivity contribution in [1.82, 2.24) is 0 Å². The molecular weight excluding hydrogens is 471 g/mol. The van der Waals surface area contributed by atoms with Crippen LogP contribution in [-0.2, 0) is 10.0 Å². The largest absolute Gasteiger partial charge is 0.495 e. The van der Waals surface area contributed by atoms with Gasteiger partial charge in [-0.1, -0.05) is 40.9 Å². The highest BCUT2D eigenvalue weighted by Crippen LogP contribution is 2.31. The summed E-state index contributed by atoms with van der Waals surface area (Å²) in [6.45, 7) is 0. The molecule has 0 saturated heterocycles. The summed E-state index contributed by atoms with van der Waals surface area (Å²) >= 11 is 17.8. The third-order valence-electron chi connectivity index (χ3n) is 3.99. The molecule has 0 bridgehead atoms. The fraction of sp³-hybridized carbons (Fsp3) is 0.0500. The molecule has 3 aromatic carbocycles. The first-order valence-corrected chi connectivity index (χ1v) is 11.0. The van der Waals surface area contributed by atoms with Crippen LogP contribution in [0.4, 0.5) is 11.4 Å². The molecule has 30 heavy (non-hydrogen) atoms. The minimum Gasteiger partial charge on any atom is -0.495 e. The Labute approximate surface area is 188 Å². The molecule has 0 unspecified atom stereocenters. The summed E-state index contributed by atoms with van der Waals surface area (Å²) in [7, 11) is -2.60. The molecule has 3 aromatic rings. The van der Waals surface area contributed by atoms with E-state index in [0.29, 0.717) is 15.6 Å². The van der Waals surface area contributed by atoms with Gasteiger partial charge in [0.25, 0.3) is 15.9 Å². The third-order valence-corrected chi connectivity index (χ3v) is 6.14. The highest BCUT2D eigenvalue weighted by molar-refractivity contribution is 7.92. The van der Waals surface area contributed by atoms with Crippen molar-refractivity contribution in [2.45, 2.75) is 4.90 Å². The summed E-state index contributed by atoms with van der Waals surface area (Å²) < 4.78 is 33.3. The smallest absolute Gasteiger partial charge is 0.262 e. The van der Waals surface area contributed by atoms with Crippen LogP contribution in [0.2, 0.25) is 15.1 Å². The van der Waals surface area contributed by atoms with Crippen molar-refractivity contribution in [3.05, 3.63) is 81.3 Å². The molecule has 0 saturated carbocycles. The Bertz CT molecular complexity index is 1220. The van der Waals surface area contributed by atoms with Crippen LogP contribution in [0, 0.1) is 0 Å². The van der Waals surface area contributed by atoms with E-state index in [4.69, 9.17) is 39.5 Å². The van der Waals surface area contributed by atoms with Crippen LogP contribution < -0.4 is 14.8 Å². The number of amides is 1. The van der Waals surface area contributed by atoms with Crippen molar-refractivity contribution < 1.29 is 17.9 Å². The van der Waals surface area contributed by atoms with Gasteiger partial charge in [0.1, 0.15) is 5.75 Å². The van der Waals surface area contributed by atoms with Gasteiger partial charge < -0.3 is 10.1 Å². The van der Waals surface area contributed by atoms with Gasteiger partial charge in [-0.2, -0.15) is 0 Å². The van der Waals surface area contributed by atoms with Crippen LogP contribution in [0.25, 0.3) is 0 Å². The second-order valence-corrected chi connectivity index (χ2v) is 9.02. The number of hydrogen-bond acceptors (Lipinski definition) is 4. The maximum atomic E-state index is 12.8. The van der Waals surface area contributed by atoms with E-state index in [1.807, 2.05) is 0 Å². The zero-order valence-electron chi connectivity index (χ0n) is 15.4. The number of ether oxygens (including phenoxy) is 1. The summed E-state index contributed by atoms with van der Waals surface area (Å²) in [5.74, 6) is -0.187. The summed E-state index contributed by atoms with van der Waals surface area (Å²) in [4.78, 5) is 12.4. The number of methoxy groups -OCH3 is 1. The summed E-state index contributed by atoms with van der Waals surface area (Å²) in [6.07, 6.45) is 0. The van der Waals surface area contributed by atoms with Crippen molar-refractivity contribution in [2.75, 3.05) is 17.1 Å². The lowest BCUT2D eigenvalue weighted by Gasteiger charge is -2.14. The highest BCUT2D eigenvalue weighted by atomic mass is 35.5. The molecule has 0 aliphatic rings. The Balaban J connectivity index is 1.92. The molecule has 0 heterocycles. The molecule has 0 radical (unpaired) electrons. The van der Waals surface area contributed by atoms with Crippen LogP contribution in [0.3, 0.4) is 0 Å². The van der Waals surface area contributed by atoms with Crippen molar-refractivity contribution in [1.29, 1.82) is 0 Å². The molecular formula is C20H15Cl3N2O4S. The van der Waals surface area contributed by atoms with E-state index >= 15 is 0 Å². The minimum atomic E-state index is -4.01. The molecule has 2 N–H and O–H groups in total. The Kier molecular flexibility index (Phi) is 6.77. The van der Waals surface area contributed by atoms with E-state index < -0.39 is 15.9 Å². The molecule has 0 aliphatic carbocycles. The summed E-state index contributed by atoms with van der Waals surface area (Å²) in [6, 6.07) is 14.8. The van der Waals surface area contributed by atoms with E-state index in [1.54, 1.807) is 18.2 Å². The predicted octanol–water partition coefficient (Wildman–Crippen LogP) is 5.71. The molecule has 6 nitrogen and oxygen atoms in total. The molecule has 156 valence electrons. The van der Waals surface area contributed by atoms with Crippen LogP contribution in [0.5, 0.6) is 5.75 Å². The van der Waals surface area contributed by atoms with E-state index in [9.17, 15) is 13.2 Å². The monoisotopic (exact) mass is 484 g/mol. The standard InChI is InChI=1S/C20H15Cl3N2O4S/c1-29-19-8-6-15(30(27,28)25-17-7-5-14(22)10-16(17)23)11-18(19)24-20(26)12-3-2-4-13(21)9-12/h2-11,25H,1H3,(H,24,26). The first kappa shape index (κ1) is 22.2. The number of carbonyl (C=O) groups is 1. The second-order valence-electron chi connectivity index (χ2n) is 6.06. The fourth-order valence-electron chi connectivity index (χ4n) is 2.55. The Morgan fingerprint density at radius 1 is 0.900 bits per heavy atom. The summed E-state index contributed by atoms with van der Waals surface area (Å²) in [5.41, 5.74) is 0.651. The van der Waals surface area contributed by atoms with E-state index in [2.05, 4.69) is 10.0 Å². The first-order valence-electron chi connectivity index (χ1n) is 8.42. The van der Waals surface area contributed by atoms with Gasteiger partial charge in [0.05, 0.1) is 28.4 Å². The van der Waals surface area contributed by atoms with Gasteiger partial charge in [-0.05, 0) is 54.6 Å². The van der Waals surface area contributed by atoms with Gasteiger partial charge in [-0.3, -0.25) is 9.52 Å². The minimum absolute atomic E-state index is 0.101. The third kappa shape index (κ3) is 5.17. The molecule has 0 spiro atoms. The van der Waals surface area contributed by atoms with Gasteiger partial charge in [-0.15, -0.1) is 0 Å². The quantitative estimate of drug-likeness (QED) is 0.468. The number of rotatable bonds is 6. The SMILES string of the molecule is COc1ccc(S(=O)(=O)Nc2ccc(Cl)cc2Cl)cc1NC(=O)c1cccc(Cl)c1. The lowest BCUT2D eigenvalue weighted by Crippen LogP contribution is -2.16. The number of halogens is 3. The molecule has 0 aromatic heterocycles. The average molecular weight is 486 g/mol. The Morgan fingerprint density at radius 2 is 1.63 bits per heavy atom. The maximum Gasteiger partial charge on any atom is 0.262 e. The molecule has 10 heteroatoms. The normalized spacial score (nSPS) is 11.1. The van der Waals surface area contributed by atoms with Crippen LogP contribution in [0.15, 0.2) is 65.6 Å². The van der Waals surface area contributed by atoms with E-state index in [1.165, 1.54) is 49.6 Å². The van der Waals surface area contributed by atoms with Gasteiger partial charge in [0.15, 0.2) is 0 Å². The molecule has 0 aliphatic heterocycles. The number of nitrogens with one attached hydrogen (secondary N) is 2. The highest BCUT2D eigenvalue weighted by Gasteiger charge is 2.19. The predicted molar refractivity (Wildman–Crippen MR) is 120 cm³/mol. The van der Waals surface area contributed by atoms with Crippen LogP contribution in [-0.4, -0.2) is 21.4 Å². The number of carbonyl (C=O) groups excluding carboxylic acids is 1. The molecule has 1 amide bonds. The van der Waals surface area contributed by atoms with Crippen molar-refractivity contribution in [3.63, 3.8) is 0 Å². The van der Waals surface area contributed by atoms with Crippen molar-refractivity contribution >= 4 is 62.1 Å². The van der Waals surface area contributed by atoms with Crippen LogP contribution >= 0.6 is 34.8 Å². The Morgan fingerprint density at radius 3 is 2.30 bits per heavy atom. The van der Waals surface area contributed by atoms with Gasteiger partial charge in [-0.25, -0.2) is 8.42 Å². The number of anilines is 2. The van der Waals surface area contributed by atoms with E-state index in [0.717, 1.165) is 0 Å². The lowest BCUT2D eigenvalue weighted by atomic mass is 10.2. The van der Waals surface area contributed by atoms with E-state index in [-0.39, 0.29) is 27.0 Å². The fourth-order valence-corrected chi connectivity index (χ4v) is 4.36. The van der Waals surface area contributed by atoms with Gasteiger partial charge in [0, 0.05) is 15.6 Å². The second kappa shape index (κ2) is 9.14. The number of benzene rings is 3. The zero-order chi connectivity index (χ0) is 21.9.